The average molecular weight is 443 g/mol. The van der Waals surface area contributed by atoms with E-state index < -0.39 is 0 Å². The van der Waals surface area contributed by atoms with Gasteiger partial charge in [-0.2, -0.15) is 9.78 Å². The first kappa shape index (κ1) is 21.2. The van der Waals surface area contributed by atoms with Crippen LogP contribution in [0.15, 0.2) is 77.9 Å². The monoisotopic (exact) mass is 442 g/mol. The van der Waals surface area contributed by atoms with Crippen molar-refractivity contribution in [2.24, 2.45) is 0 Å². The molecule has 1 fully saturated rings. The van der Waals surface area contributed by atoms with Crippen LogP contribution in [0.5, 0.6) is 0 Å². The van der Waals surface area contributed by atoms with Crippen molar-refractivity contribution in [1.82, 2.24) is 19.7 Å². The Labute approximate surface area is 192 Å². The summed E-state index contributed by atoms with van der Waals surface area (Å²) in [5.74, 6) is -0.240. The quantitative estimate of drug-likeness (QED) is 0.476. The fourth-order valence-corrected chi connectivity index (χ4v) is 4.26. The highest BCUT2D eigenvalue weighted by atomic mass is 16.5. The van der Waals surface area contributed by atoms with Crippen molar-refractivity contribution in [2.75, 3.05) is 13.2 Å². The highest BCUT2D eigenvalue weighted by Gasteiger charge is 2.25. The molecule has 2 aromatic carbocycles. The maximum absolute atomic E-state index is 13.2. The number of amides is 1. The number of nitrogens with one attached hydrogen (secondary N) is 1. The normalized spacial score (nSPS) is 15.7. The second kappa shape index (κ2) is 9.42. The van der Waals surface area contributed by atoms with Crippen molar-refractivity contribution in [3.63, 3.8) is 0 Å². The fourth-order valence-electron chi connectivity index (χ4n) is 4.26. The van der Waals surface area contributed by atoms with Crippen molar-refractivity contribution < 1.29 is 9.53 Å². The third kappa shape index (κ3) is 4.59. The van der Waals surface area contributed by atoms with Crippen LogP contribution in [-0.4, -0.2) is 39.5 Å². The third-order valence-electron chi connectivity index (χ3n) is 5.95. The number of benzene rings is 2. The van der Waals surface area contributed by atoms with E-state index in [9.17, 15) is 9.59 Å². The minimum atomic E-state index is -0.240. The number of carbonyl (C=O) groups excluding carboxylic acids is 1. The highest BCUT2D eigenvalue weighted by Crippen LogP contribution is 2.24. The number of rotatable bonds is 7. The lowest BCUT2D eigenvalue weighted by molar-refractivity contribution is 0.0937. The molecule has 0 unspecified atom stereocenters. The number of hydrogen-bond acceptors (Lipinski definition) is 4. The second-order valence-electron chi connectivity index (χ2n) is 8.31. The molecule has 33 heavy (non-hydrogen) atoms. The van der Waals surface area contributed by atoms with Crippen LogP contribution < -0.4 is 10.9 Å². The summed E-state index contributed by atoms with van der Waals surface area (Å²) in [7, 11) is 0. The molecule has 5 rings (SSSR count). The topological polar surface area (TPSA) is 78.2 Å². The summed E-state index contributed by atoms with van der Waals surface area (Å²) < 4.78 is 9.02. The lowest BCUT2D eigenvalue weighted by Gasteiger charge is -2.16. The summed E-state index contributed by atoms with van der Waals surface area (Å²) in [6.45, 7) is 1.84. The van der Waals surface area contributed by atoms with Crippen LogP contribution in [0.25, 0.3) is 16.9 Å². The predicted octanol–water partition coefficient (Wildman–Crippen LogP) is 3.29. The number of fused-ring (bicyclic) bond motifs is 1. The first-order valence-corrected chi connectivity index (χ1v) is 11.3. The number of aromatic nitrogens is 3. The second-order valence-corrected chi connectivity index (χ2v) is 8.31. The van der Waals surface area contributed by atoms with E-state index in [0.29, 0.717) is 35.6 Å². The van der Waals surface area contributed by atoms with E-state index in [1.807, 2.05) is 65.2 Å². The third-order valence-corrected chi connectivity index (χ3v) is 5.95. The van der Waals surface area contributed by atoms with Gasteiger partial charge in [0.25, 0.3) is 11.5 Å². The molecule has 1 atom stereocenters. The van der Waals surface area contributed by atoms with Crippen LogP contribution in [-0.2, 0) is 17.7 Å². The number of ether oxygens (including phenoxy) is 1. The Bertz CT molecular complexity index is 1260. The molecule has 168 valence electrons. The zero-order chi connectivity index (χ0) is 22.6. The maximum atomic E-state index is 13.2. The number of nitrogens with zero attached hydrogens (tertiary/aromatic N) is 3. The van der Waals surface area contributed by atoms with Gasteiger partial charge in [0.05, 0.1) is 22.9 Å². The van der Waals surface area contributed by atoms with Gasteiger partial charge in [-0.25, -0.2) is 0 Å². The van der Waals surface area contributed by atoms with Gasteiger partial charge in [0.1, 0.15) is 5.69 Å². The molecular formula is C26H26N4O3. The highest BCUT2D eigenvalue weighted by molar-refractivity contribution is 5.99. The molecule has 0 bridgehead atoms. The lowest BCUT2D eigenvalue weighted by atomic mass is 10.1. The molecule has 1 N–H and O–H groups in total. The van der Waals surface area contributed by atoms with Crippen molar-refractivity contribution >= 4 is 5.91 Å². The van der Waals surface area contributed by atoms with E-state index >= 15 is 0 Å². The van der Waals surface area contributed by atoms with Crippen molar-refractivity contribution in [3.8, 4) is 16.9 Å². The summed E-state index contributed by atoms with van der Waals surface area (Å²) in [5, 5.41) is 7.54. The molecule has 3 aliphatic heterocycles. The van der Waals surface area contributed by atoms with Gasteiger partial charge in [0, 0.05) is 32.1 Å². The molecule has 3 heterocycles. The molecule has 0 radical (unpaired) electrons. The minimum Gasteiger partial charge on any atom is -0.376 e. The van der Waals surface area contributed by atoms with E-state index in [1.165, 1.54) is 4.68 Å². The summed E-state index contributed by atoms with van der Waals surface area (Å²) in [6, 6.07) is 19.3. The van der Waals surface area contributed by atoms with Crippen molar-refractivity contribution in [3.05, 3.63) is 94.5 Å². The number of pyridine rings is 1. The van der Waals surface area contributed by atoms with Crippen LogP contribution >= 0.6 is 0 Å². The van der Waals surface area contributed by atoms with Gasteiger partial charge in [-0.1, -0.05) is 48.5 Å². The van der Waals surface area contributed by atoms with Crippen LogP contribution in [0, 0.1) is 0 Å². The van der Waals surface area contributed by atoms with E-state index in [4.69, 9.17) is 4.74 Å². The summed E-state index contributed by atoms with van der Waals surface area (Å²) in [5.41, 5.74) is 2.80. The van der Waals surface area contributed by atoms with Gasteiger partial charge >= 0.3 is 0 Å². The maximum Gasteiger partial charge on any atom is 0.282 e. The van der Waals surface area contributed by atoms with Gasteiger partial charge in [0.2, 0.25) is 0 Å². The van der Waals surface area contributed by atoms with E-state index in [0.717, 1.165) is 31.4 Å². The number of para-hydroxylation sites is 1. The lowest BCUT2D eigenvalue weighted by Crippen LogP contribution is -2.28. The standard InChI is InChI=1S/C26H26N4O3/c31-25(27-14-13-19-8-3-1-4-9-19)22-17-29(16-21-12-7-15-33-21)18-23-24(22)28-30(26(23)32)20-10-5-2-6-11-20/h1-6,8-11,17-18,21H,7,12-16H2,(H,27,31)/t21-/m0/s1. The minimum absolute atomic E-state index is 0.0840. The molecule has 1 saturated heterocycles. The molecule has 1 amide bonds. The molecule has 2 aromatic rings. The van der Waals surface area contributed by atoms with Crippen molar-refractivity contribution in [1.29, 1.82) is 0 Å². The largest absolute Gasteiger partial charge is 0.376 e. The van der Waals surface area contributed by atoms with Crippen LogP contribution in [0.4, 0.5) is 0 Å². The SMILES string of the molecule is O=C(NCCc1ccccc1)c1cn(C[C@@H]2CCCO2)cc2c(=O)n(-c3ccccc3)nc1-2. The Balaban J connectivity index is 1.47. The summed E-state index contributed by atoms with van der Waals surface area (Å²) in [4.78, 5) is 26.4. The number of carbonyl (C=O) groups is 1. The molecule has 3 aliphatic rings. The zero-order valence-electron chi connectivity index (χ0n) is 18.3. The van der Waals surface area contributed by atoms with Gasteiger partial charge < -0.3 is 14.6 Å². The van der Waals surface area contributed by atoms with Gasteiger partial charge in [-0.3, -0.25) is 9.59 Å². The van der Waals surface area contributed by atoms with Crippen LogP contribution in [0.3, 0.4) is 0 Å². The first-order chi connectivity index (χ1) is 16.2. The Morgan fingerprint density at radius 1 is 1.06 bits per heavy atom. The fraction of sp³-hybridized carbons (Fsp3) is 0.269. The Kier molecular flexibility index (Phi) is 6.04. The number of hydrogen-bond donors (Lipinski definition) is 1. The van der Waals surface area contributed by atoms with E-state index in [1.54, 1.807) is 12.4 Å². The van der Waals surface area contributed by atoms with Gasteiger partial charge in [0.15, 0.2) is 0 Å². The van der Waals surface area contributed by atoms with Crippen LogP contribution in [0.1, 0.15) is 28.8 Å². The Hall–Kier alpha value is -3.71. The van der Waals surface area contributed by atoms with E-state index in [-0.39, 0.29) is 17.6 Å². The molecule has 7 nitrogen and oxygen atoms in total. The van der Waals surface area contributed by atoms with E-state index in [2.05, 4.69) is 10.4 Å². The van der Waals surface area contributed by atoms with Gasteiger partial charge in [-0.15, -0.1) is 0 Å². The molecule has 7 heteroatoms. The first-order valence-electron chi connectivity index (χ1n) is 11.3. The molecule has 0 spiro atoms. The van der Waals surface area contributed by atoms with Gasteiger partial charge in [-0.05, 0) is 37.0 Å². The Morgan fingerprint density at radius 2 is 1.82 bits per heavy atom. The molecule has 0 saturated carbocycles. The average Bonchev–Trinajstić information content (AvgIpc) is 3.48. The molecule has 0 aromatic heterocycles. The summed E-state index contributed by atoms with van der Waals surface area (Å²) in [6.07, 6.45) is 6.37. The predicted molar refractivity (Wildman–Crippen MR) is 126 cm³/mol. The van der Waals surface area contributed by atoms with Crippen molar-refractivity contribution in [2.45, 2.75) is 31.9 Å². The summed E-state index contributed by atoms with van der Waals surface area (Å²) >= 11 is 0. The molecule has 0 aliphatic carbocycles. The smallest absolute Gasteiger partial charge is 0.282 e. The Morgan fingerprint density at radius 3 is 2.55 bits per heavy atom. The molecular weight excluding hydrogens is 416 g/mol. The zero-order valence-corrected chi connectivity index (χ0v) is 18.3. The van der Waals surface area contributed by atoms with Crippen LogP contribution in [0.2, 0.25) is 0 Å².